The van der Waals surface area contributed by atoms with E-state index in [-0.39, 0.29) is 30.6 Å². The number of amides is 1. The van der Waals surface area contributed by atoms with Crippen LogP contribution in [0.5, 0.6) is 0 Å². The highest BCUT2D eigenvalue weighted by molar-refractivity contribution is 5.85. The quantitative estimate of drug-likeness (QED) is 0.613. The van der Waals surface area contributed by atoms with Gasteiger partial charge in [0.25, 0.3) is 0 Å². The topological polar surface area (TPSA) is 104 Å². The fraction of sp³-hybridized carbons (Fsp3) is 0.727. The van der Waals surface area contributed by atoms with Gasteiger partial charge in [-0.3, -0.25) is 9.59 Å². The van der Waals surface area contributed by atoms with E-state index in [1.54, 1.807) is 6.92 Å². The number of carbonyl (C=O) groups excluding carboxylic acids is 1. The Morgan fingerprint density at radius 2 is 1.65 bits per heavy atom. The van der Waals surface area contributed by atoms with Crippen LogP contribution in [0.4, 0.5) is 0 Å². The highest BCUT2D eigenvalue weighted by atomic mass is 16.4. The first-order valence-electron chi connectivity index (χ1n) is 5.50. The van der Waals surface area contributed by atoms with E-state index in [9.17, 15) is 14.4 Å². The van der Waals surface area contributed by atoms with E-state index in [1.807, 2.05) is 13.8 Å². The van der Waals surface area contributed by atoms with Crippen molar-refractivity contribution in [3.8, 4) is 0 Å². The largest absolute Gasteiger partial charge is 0.481 e. The number of nitrogens with one attached hydrogen (secondary N) is 1. The predicted octanol–water partition coefficient (Wildman–Crippen LogP) is 0.713. The van der Waals surface area contributed by atoms with E-state index < -0.39 is 18.0 Å². The van der Waals surface area contributed by atoms with Gasteiger partial charge in [-0.15, -0.1) is 0 Å². The van der Waals surface area contributed by atoms with Gasteiger partial charge in [-0.2, -0.15) is 0 Å². The van der Waals surface area contributed by atoms with Crippen LogP contribution in [0.3, 0.4) is 0 Å². The van der Waals surface area contributed by atoms with Crippen LogP contribution in [0.2, 0.25) is 0 Å². The molecule has 0 aliphatic rings. The van der Waals surface area contributed by atoms with Crippen molar-refractivity contribution >= 4 is 17.8 Å². The standard InChI is InChI=1S/C11H19NO5/c1-6(2)7(3)10(15)12-8(11(16)17)4-5-9(13)14/h6-8H,4-5H2,1-3H3,(H,12,15)(H,13,14)(H,16,17)/t7?,8-/m0/s1. The van der Waals surface area contributed by atoms with Crippen LogP contribution in [-0.2, 0) is 14.4 Å². The normalized spacial score (nSPS) is 14.1. The summed E-state index contributed by atoms with van der Waals surface area (Å²) >= 11 is 0. The number of carbonyl (C=O) groups is 3. The van der Waals surface area contributed by atoms with Crippen molar-refractivity contribution in [1.29, 1.82) is 0 Å². The summed E-state index contributed by atoms with van der Waals surface area (Å²) in [6.07, 6.45) is -0.394. The smallest absolute Gasteiger partial charge is 0.326 e. The zero-order valence-corrected chi connectivity index (χ0v) is 10.3. The van der Waals surface area contributed by atoms with Crippen molar-refractivity contribution in [2.45, 2.75) is 39.7 Å². The SMILES string of the molecule is CC(C)C(C)C(=O)N[C@@H](CCC(=O)O)C(=O)O. The second kappa shape index (κ2) is 6.88. The summed E-state index contributed by atoms with van der Waals surface area (Å²) in [4.78, 5) is 32.8. The maximum Gasteiger partial charge on any atom is 0.326 e. The van der Waals surface area contributed by atoms with E-state index in [4.69, 9.17) is 10.2 Å². The van der Waals surface area contributed by atoms with Gasteiger partial charge in [0.1, 0.15) is 6.04 Å². The van der Waals surface area contributed by atoms with Crippen LogP contribution in [0, 0.1) is 11.8 Å². The summed E-state index contributed by atoms with van der Waals surface area (Å²) in [6, 6.07) is -1.14. The summed E-state index contributed by atoms with van der Waals surface area (Å²) in [5, 5.41) is 19.7. The molecule has 0 spiro atoms. The molecule has 0 saturated heterocycles. The summed E-state index contributed by atoms with van der Waals surface area (Å²) in [5.74, 6) is -2.86. The molecule has 1 unspecified atom stereocenters. The molecule has 0 aromatic rings. The molecular weight excluding hydrogens is 226 g/mol. The van der Waals surface area contributed by atoms with Gasteiger partial charge >= 0.3 is 11.9 Å². The second-order valence-corrected chi connectivity index (χ2v) is 4.36. The van der Waals surface area contributed by atoms with Gasteiger partial charge < -0.3 is 15.5 Å². The number of rotatable bonds is 7. The Hall–Kier alpha value is -1.59. The van der Waals surface area contributed by atoms with Crippen molar-refractivity contribution in [2.75, 3.05) is 0 Å². The predicted molar refractivity (Wildman–Crippen MR) is 60.4 cm³/mol. The lowest BCUT2D eigenvalue weighted by Gasteiger charge is -2.19. The zero-order valence-electron chi connectivity index (χ0n) is 10.3. The second-order valence-electron chi connectivity index (χ2n) is 4.36. The average molecular weight is 245 g/mol. The molecule has 17 heavy (non-hydrogen) atoms. The Balaban J connectivity index is 4.39. The molecule has 98 valence electrons. The Morgan fingerprint density at radius 3 is 2.00 bits per heavy atom. The maximum atomic E-state index is 11.6. The van der Waals surface area contributed by atoms with Gasteiger partial charge in [0.05, 0.1) is 0 Å². The van der Waals surface area contributed by atoms with Gasteiger partial charge in [0.15, 0.2) is 0 Å². The molecule has 6 nitrogen and oxygen atoms in total. The highest BCUT2D eigenvalue weighted by Crippen LogP contribution is 2.10. The summed E-state index contributed by atoms with van der Waals surface area (Å²) in [6.45, 7) is 5.42. The van der Waals surface area contributed by atoms with E-state index in [0.717, 1.165) is 0 Å². The Bertz CT molecular complexity index is 300. The van der Waals surface area contributed by atoms with E-state index in [2.05, 4.69) is 5.32 Å². The number of hydrogen-bond acceptors (Lipinski definition) is 3. The number of aliphatic carboxylic acids is 2. The van der Waals surface area contributed by atoms with Crippen LogP contribution >= 0.6 is 0 Å². The number of hydrogen-bond donors (Lipinski definition) is 3. The monoisotopic (exact) mass is 245 g/mol. The molecular formula is C11H19NO5. The minimum absolute atomic E-state index is 0.101. The molecule has 0 aromatic carbocycles. The molecule has 0 bridgehead atoms. The molecule has 2 atom stereocenters. The van der Waals surface area contributed by atoms with Crippen LogP contribution in [-0.4, -0.2) is 34.1 Å². The highest BCUT2D eigenvalue weighted by Gasteiger charge is 2.24. The summed E-state index contributed by atoms with van der Waals surface area (Å²) in [7, 11) is 0. The lowest BCUT2D eigenvalue weighted by Crippen LogP contribution is -2.44. The van der Waals surface area contributed by atoms with Crippen molar-refractivity contribution in [3.05, 3.63) is 0 Å². The van der Waals surface area contributed by atoms with E-state index >= 15 is 0 Å². The molecule has 0 rings (SSSR count). The molecule has 0 heterocycles. The molecule has 0 radical (unpaired) electrons. The Kier molecular flexibility index (Phi) is 6.23. The molecule has 0 aromatic heterocycles. The number of carboxylic acids is 2. The van der Waals surface area contributed by atoms with E-state index in [0.29, 0.717) is 0 Å². The molecule has 0 fully saturated rings. The first kappa shape index (κ1) is 15.4. The molecule has 6 heteroatoms. The number of carboxylic acid groups (broad SMARTS) is 2. The average Bonchev–Trinajstić information content (AvgIpc) is 2.21. The van der Waals surface area contributed by atoms with Crippen molar-refractivity contribution in [3.63, 3.8) is 0 Å². The molecule has 0 aliphatic carbocycles. The van der Waals surface area contributed by atoms with Gasteiger partial charge in [-0.05, 0) is 12.3 Å². The molecule has 3 N–H and O–H groups in total. The van der Waals surface area contributed by atoms with Crippen LogP contribution in [0.1, 0.15) is 33.6 Å². The first-order valence-corrected chi connectivity index (χ1v) is 5.50. The van der Waals surface area contributed by atoms with Crippen LogP contribution < -0.4 is 5.32 Å². The van der Waals surface area contributed by atoms with Gasteiger partial charge in [0, 0.05) is 12.3 Å². The maximum absolute atomic E-state index is 11.6. The lowest BCUT2D eigenvalue weighted by molar-refractivity contribution is -0.143. The van der Waals surface area contributed by atoms with Crippen molar-refractivity contribution < 1.29 is 24.6 Å². The van der Waals surface area contributed by atoms with Gasteiger partial charge in [0.2, 0.25) is 5.91 Å². The third-order valence-corrected chi connectivity index (χ3v) is 2.68. The molecule has 1 amide bonds. The minimum atomic E-state index is -1.21. The van der Waals surface area contributed by atoms with E-state index in [1.165, 1.54) is 0 Å². The Morgan fingerprint density at radius 1 is 1.12 bits per heavy atom. The summed E-state index contributed by atoms with van der Waals surface area (Å²) < 4.78 is 0. The fourth-order valence-electron chi connectivity index (χ4n) is 1.13. The first-order chi connectivity index (χ1) is 7.75. The van der Waals surface area contributed by atoms with Crippen LogP contribution in [0.15, 0.2) is 0 Å². The fourth-order valence-corrected chi connectivity index (χ4v) is 1.13. The third kappa shape index (κ3) is 5.89. The molecule has 0 aliphatic heterocycles. The third-order valence-electron chi connectivity index (χ3n) is 2.68. The lowest BCUT2D eigenvalue weighted by atomic mass is 9.96. The molecule has 0 saturated carbocycles. The summed E-state index contributed by atoms with van der Waals surface area (Å²) in [5.41, 5.74) is 0. The van der Waals surface area contributed by atoms with Gasteiger partial charge in [-0.25, -0.2) is 4.79 Å². The van der Waals surface area contributed by atoms with Crippen molar-refractivity contribution in [2.24, 2.45) is 11.8 Å². The zero-order chi connectivity index (χ0) is 13.6. The Labute approximate surface area is 100 Å². The van der Waals surface area contributed by atoms with Gasteiger partial charge in [-0.1, -0.05) is 20.8 Å². The van der Waals surface area contributed by atoms with Crippen molar-refractivity contribution in [1.82, 2.24) is 5.32 Å². The minimum Gasteiger partial charge on any atom is -0.481 e. The van der Waals surface area contributed by atoms with Crippen LogP contribution in [0.25, 0.3) is 0 Å².